The minimum absolute atomic E-state index is 1.72. The van der Waals surface area contributed by atoms with Crippen molar-refractivity contribution in [3.05, 3.63) is 0 Å². The van der Waals surface area contributed by atoms with Crippen LogP contribution in [0.2, 0.25) is 0 Å². The standard InChI is InChI=1S/C4H11IN2/c1-5(2,6)4-7-3/h4,6H,1-3H3. The molecule has 0 radical (unpaired) electrons. The van der Waals surface area contributed by atoms with Crippen molar-refractivity contribution < 1.29 is 0 Å². The van der Waals surface area contributed by atoms with Crippen molar-refractivity contribution in [3.8, 4) is 0 Å². The maximum absolute atomic E-state index is 7.36. The van der Waals surface area contributed by atoms with Crippen LogP contribution in [0, 0.1) is 3.56 Å². The summed E-state index contributed by atoms with van der Waals surface area (Å²) in [6, 6.07) is 0. The molecule has 0 aromatic heterocycles. The summed E-state index contributed by atoms with van der Waals surface area (Å²) in [6.07, 6.45) is 0. The van der Waals surface area contributed by atoms with Gasteiger partial charge in [-0.3, -0.25) is 0 Å². The normalized spacial score (nSPS) is 15.3. The van der Waals surface area contributed by atoms with Gasteiger partial charge in [-0.1, -0.05) is 0 Å². The van der Waals surface area contributed by atoms with Crippen molar-refractivity contribution in [2.45, 2.75) is 0 Å². The van der Waals surface area contributed by atoms with Crippen molar-refractivity contribution in [1.82, 2.24) is 0 Å². The Morgan fingerprint density at radius 3 is 2.00 bits per heavy atom. The molecule has 0 aromatic carbocycles. The molecule has 0 atom stereocenters. The summed E-state index contributed by atoms with van der Waals surface area (Å²) in [5, 5.41) is 0. The molecule has 0 heterocycles. The Balaban J connectivity index is 3.82. The van der Waals surface area contributed by atoms with Crippen LogP contribution < -0.4 is 0 Å². The van der Waals surface area contributed by atoms with Crippen molar-refractivity contribution >= 4 is 22.5 Å². The average molecular weight is 214 g/mol. The molecule has 0 saturated carbocycles. The molecule has 3 heteroatoms. The van der Waals surface area contributed by atoms with Gasteiger partial charge in [-0.15, -0.1) is 0 Å². The summed E-state index contributed by atoms with van der Waals surface area (Å²) in [5.74, 6) is 0. The summed E-state index contributed by atoms with van der Waals surface area (Å²) in [4.78, 5) is 7.72. The van der Waals surface area contributed by atoms with E-state index in [0.717, 1.165) is 0 Å². The monoisotopic (exact) mass is 214 g/mol. The summed E-state index contributed by atoms with van der Waals surface area (Å²) >= 11 is -2.06. The molecule has 1 N–H and O–H groups in total. The quantitative estimate of drug-likeness (QED) is 0.392. The molecular weight excluding hydrogens is 203 g/mol. The predicted molar refractivity (Wildman–Crippen MR) is 43.0 cm³/mol. The van der Waals surface area contributed by atoms with Gasteiger partial charge in [-0.2, -0.15) is 0 Å². The molecule has 0 fully saturated rings. The fourth-order valence-electron chi connectivity index (χ4n) is 0.244. The second-order valence-corrected chi connectivity index (χ2v) is 9.64. The number of nitrogens with zero attached hydrogens (tertiary/aromatic N) is 1. The second kappa shape index (κ2) is 2.49. The van der Waals surface area contributed by atoms with Gasteiger partial charge in [-0.05, 0) is 0 Å². The van der Waals surface area contributed by atoms with Gasteiger partial charge in [0.1, 0.15) is 0 Å². The first-order valence-corrected chi connectivity index (χ1v) is 8.51. The van der Waals surface area contributed by atoms with Crippen LogP contribution in [0.25, 0.3) is 0 Å². The second-order valence-electron chi connectivity index (χ2n) is 1.66. The summed E-state index contributed by atoms with van der Waals surface area (Å²) in [6.45, 7) is 0. The van der Waals surface area contributed by atoms with Gasteiger partial charge in [0.25, 0.3) is 0 Å². The molecule has 0 aliphatic carbocycles. The van der Waals surface area contributed by atoms with Gasteiger partial charge < -0.3 is 0 Å². The van der Waals surface area contributed by atoms with Gasteiger partial charge >= 0.3 is 47.9 Å². The number of hydrogen-bond acceptors (Lipinski definition) is 2. The molecule has 0 unspecified atom stereocenters. The molecule has 0 rings (SSSR count). The molecule has 0 amide bonds. The van der Waals surface area contributed by atoms with Crippen molar-refractivity contribution in [3.63, 3.8) is 0 Å². The molecule has 0 bridgehead atoms. The summed E-state index contributed by atoms with van der Waals surface area (Å²) in [7, 11) is 1.72. The van der Waals surface area contributed by atoms with Crippen LogP contribution in [0.3, 0.4) is 0 Å². The van der Waals surface area contributed by atoms with Gasteiger partial charge in [0.2, 0.25) is 0 Å². The zero-order valence-electron chi connectivity index (χ0n) is 4.90. The Bertz CT molecular complexity index is 111. The van der Waals surface area contributed by atoms with E-state index in [-0.39, 0.29) is 0 Å². The fraction of sp³-hybridized carbons (Fsp3) is 0.750. The van der Waals surface area contributed by atoms with Crippen molar-refractivity contribution in [2.24, 2.45) is 4.99 Å². The average Bonchev–Trinajstić information content (AvgIpc) is 1.30. The Labute approximate surface area is 48.2 Å². The Hall–Kier alpha value is 0.200. The van der Waals surface area contributed by atoms with E-state index in [1.54, 1.807) is 11.3 Å². The summed E-state index contributed by atoms with van der Waals surface area (Å²) in [5.41, 5.74) is 0. The fourth-order valence-corrected chi connectivity index (χ4v) is 1.64. The Kier molecular flexibility index (Phi) is 2.56. The molecule has 2 nitrogen and oxygen atoms in total. The zero-order valence-corrected chi connectivity index (χ0v) is 7.06. The molecule has 7 heavy (non-hydrogen) atoms. The topological polar surface area (TPSA) is 36.2 Å². The third-order valence-electron chi connectivity index (χ3n) is 0.342. The number of halogens is 1. The molecule has 0 saturated heterocycles. The summed E-state index contributed by atoms with van der Waals surface area (Å²) < 4.78 is 9.15. The first-order valence-electron chi connectivity index (χ1n) is 1.87. The predicted octanol–water partition coefficient (Wildman–Crippen LogP) is 1.71. The van der Waals surface area contributed by atoms with Crippen LogP contribution in [-0.2, 0) is 0 Å². The number of hydrogen-bond donors (Lipinski definition) is 1. The van der Waals surface area contributed by atoms with Crippen LogP contribution >= 0.6 is 18.3 Å². The van der Waals surface area contributed by atoms with Gasteiger partial charge in [0.05, 0.1) is 0 Å². The van der Waals surface area contributed by atoms with E-state index in [0.29, 0.717) is 0 Å². The van der Waals surface area contributed by atoms with Gasteiger partial charge in [0, 0.05) is 0 Å². The van der Waals surface area contributed by atoms with Crippen LogP contribution in [0.15, 0.2) is 4.99 Å². The van der Waals surface area contributed by atoms with Crippen molar-refractivity contribution in [2.75, 3.05) is 16.9 Å². The van der Waals surface area contributed by atoms with Crippen LogP contribution in [-0.4, -0.2) is 21.1 Å². The van der Waals surface area contributed by atoms with E-state index < -0.39 is 18.3 Å². The molecule has 0 aromatic rings. The first-order chi connectivity index (χ1) is 3.06. The molecular formula is C4H11IN2. The molecule has 44 valence electrons. The SMILES string of the molecule is CN=CI(C)(C)=N. The van der Waals surface area contributed by atoms with Crippen LogP contribution in [0.4, 0.5) is 0 Å². The molecule has 0 aliphatic rings. The Morgan fingerprint density at radius 2 is 2.00 bits per heavy atom. The van der Waals surface area contributed by atoms with Gasteiger partial charge in [0.15, 0.2) is 0 Å². The van der Waals surface area contributed by atoms with Crippen molar-refractivity contribution in [1.29, 1.82) is 3.56 Å². The zero-order chi connectivity index (χ0) is 5.91. The molecule has 0 aliphatic heterocycles. The van der Waals surface area contributed by atoms with Crippen LogP contribution in [0.5, 0.6) is 0 Å². The number of nitrogens with one attached hydrogen (secondary N) is 1. The number of alkyl halides is 2. The van der Waals surface area contributed by atoms with E-state index in [4.69, 9.17) is 3.56 Å². The first kappa shape index (κ1) is 7.20. The molecule has 0 spiro atoms. The maximum atomic E-state index is 7.36. The third-order valence-corrected chi connectivity index (χ3v) is 2.29. The van der Waals surface area contributed by atoms with E-state index in [2.05, 4.69) is 4.99 Å². The van der Waals surface area contributed by atoms with Gasteiger partial charge in [-0.25, -0.2) is 0 Å². The van der Waals surface area contributed by atoms with E-state index in [1.165, 1.54) is 0 Å². The van der Waals surface area contributed by atoms with E-state index >= 15 is 0 Å². The number of aliphatic imine (C=N–C) groups is 1. The third kappa shape index (κ3) is 6.20. The Morgan fingerprint density at radius 1 is 1.57 bits per heavy atom. The minimum atomic E-state index is -2.06. The van der Waals surface area contributed by atoms with E-state index in [1.807, 2.05) is 9.86 Å². The van der Waals surface area contributed by atoms with Crippen LogP contribution in [0.1, 0.15) is 0 Å². The van der Waals surface area contributed by atoms with E-state index in [9.17, 15) is 0 Å². The number of rotatable bonds is 1.